The third-order valence-electron chi connectivity index (χ3n) is 4.97. The fraction of sp³-hybridized carbons (Fsp3) is 0.381. The highest BCUT2D eigenvalue weighted by Gasteiger charge is 2.21. The number of hydrogen-bond donors (Lipinski definition) is 2. The Balaban J connectivity index is 1.44. The molecule has 0 unspecified atom stereocenters. The van der Waals surface area contributed by atoms with Crippen LogP contribution in [0.2, 0.25) is 0 Å². The van der Waals surface area contributed by atoms with Gasteiger partial charge in [-0.15, -0.1) is 0 Å². The van der Waals surface area contributed by atoms with Gasteiger partial charge in [-0.25, -0.2) is 0 Å². The fourth-order valence-electron chi connectivity index (χ4n) is 3.31. The second kappa shape index (κ2) is 8.77. The lowest BCUT2D eigenvalue weighted by Gasteiger charge is -2.35. The molecule has 0 atom stereocenters. The van der Waals surface area contributed by atoms with Crippen molar-refractivity contribution < 1.29 is 19.7 Å². The molecule has 3 rings (SSSR count). The number of phenolic OH excluding ortho intramolecular Hbond substituents is 2. The standard InChI is InChI=1S/C21H26N2O4/c1-27-19-7-2-16(3-8-19)15-22-10-12-23(13-11-22)21(26)9-5-17-4-6-18(24)14-20(17)25/h2-4,6-8,14,24-25H,5,9-13,15H2,1H3. The van der Waals surface area contributed by atoms with Crippen molar-refractivity contribution in [1.29, 1.82) is 0 Å². The molecule has 1 fully saturated rings. The number of aromatic hydroxyl groups is 2. The molecular weight excluding hydrogens is 344 g/mol. The Labute approximate surface area is 159 Å². The lowest BCUT2D eigenvalue weighted by molar-refractivity contribution is -0.133. The molecule has 27 heavy (non-hydrogen) atoms. The number of amides is 1. The van der Waals surface area contributed by atoms with Crippen LogP contribution in [0.3, 0.4) is 0 Å². The summed E-state index contributed by atoms with van der Waals surface area (Å²) in [5.41, 5.74) is 1.91. The van der Waals surface area contributed by atoms with Crippen LogP contribution in [0.15, 0.2) is 42.5 Å². The number of ether oxygens (including phenoxy) is 1. The minimum Gasteiger partial charge on any atom is -0.508 e. The van der Waals surface area contributed by atoms with Crippen molar-refractivity contribution in [1.82, 2.24) is 9.80 Å². The first kappa shape index (κ1) is 19.0. The molecule has 1 amide bonds. The normalized spacial score (nSPS) is 14.9. The Bertz CT molecular complexity index is 768. The van der Waals surface area contributed by atoms with Gasteiger partial charge in [0.15, 0.2) is 0 Å². The van der Waals surface area contributed by atoms with E-state index in [-0.39, 0.29) is 17.4 Å². The second-order valence-electron chi connectivity index (χ2n) is 6.82. The van der Waals surface area contributed by atoms with E-state index in [1.807, 2.05) is 17.0 Å². The predicted molar refractivity (Wildman–Crippen MR) is 103 cm³/mol. The number of piperazine rings is 1. The Morgan fingerprint density at radius 3 is 2.37 bits per heavy atom. The van der Waals surface area contributed by atoms with Crippen molar-refractivity contribution in [3.05, 3.63) is 53.6 Å². The number of methoxy groups -OCH3 is 1. The highest BCUT2D eigenvalue weighted by molar-refractivity contribution is 5.76. The first-order valence-electron chi connectivity index (χ1n) is 9.19. The monoisotopic (exact) mass is 370 g/mol. The number of nitrogens with zero attached hydrogens (tertiary/aromatic N) is 2. The molecule has 1 heterocycles. The zero-order valence-corrected chi connectivity index (χ0v) is 15.6. The molecule has 2 aromatic carbocycles. The number of benzene rings is 2. The highest BCUT2D eigenvalue weighted by Crippen LogP contribution is 2.24. The average molecular weight is 370 g/mol. The van der Waals surface area contributed by atoms with E-state index in [1.54, 1.807) is 13.2 Å². The van der Waals surface area contributed by atoms with Crippen LogP contribution in [-0.4, -0.2) is 59.2 Å². The molecule has 2 N–H and O–H groups in total. The Hall–Kier alpha value is -2.73. The summed E-state index contributed by atoms with van der Waals surface area (Å²) in [6.45, 7) is 4.00. The van der Waals surface area contributed by atoms with Gasteiger partial charge in [-0.2, -0.15) is 0 Å². The van der Waals surface area contributed by atoms with Gasteiger partial charge in [-0.05, 0) is 35.7 Å². The van der Waals surface area contributed by atoms with Gasteiger partial charge in [0.25, 0.3) is 0 Å². The lowest BCUT2D eigenvalue weighted by atomic mass is 10.1. The summed E-state index contributed by atoms with van der Waals surface area (Å²) < 4.78 is 5.18. The number of carbonyl (C=O) groups excluding carboxylic acids is 1. The van der Waals surface area contributed by atoms with Crippen molar-refractivity contribution >= 4 is 5.91 Å². The fourth-order valence-corrected chi connectivity index (χ4v) is 3.31. The predicted octanol–water partition coefficient (Wildman–Crippen LogP) is 2.38. The molecule has 0 spiro atoms. The van der Waals surface area contributed by atoms with Gasteiger partial charge in [0.2, 0.25) is 5.91 Å². The largest absolute Gasteiger partial charge is 0.508 e. The maximum atomic E-state index is 12.4. The van der Waals surface area contributed by atoms with Crippen LogP contribution < -0.4 is 4.74 Å². The molecule has 0 aromatic heterocycles. The van der Waals surface area contributed by atoms with Gasteiger partial charge in [-0.3, -0.25) is 9.69 Å². The third-order valence-corrected chi connectivity index (χ3v) is 4.97. The van der Waals surface area contributed by atoms with Gasteiger partial charge in [0, 0.05) is 45.2 Å². The molecule has 6 nitrogen and oxygen atoms in total. The molecule has 144 valence electrons. The van der Waals surface area contributed by atoms with E-state index in [2.05, 4.69) is 17.0 Å². The zero-order chi connectivity index (χ0) is 19.2. The number of phenols is 2. The molecule has 0 saturated carbocycles. The average Bonchev–Trinajstić information content (AvgIpc) is 2.68. The van der Waals surface area contributed by atoms with E-state index in [0.717, 1.165) is 38.5 Å². The van der Waals surface area contributed by atoms with Gasteiger partial charge < -0.3 is 19.8 Å². The van der Waals surface area contributed by atoms with E-state index in [0.29, 0.717) is 18.4 Å². The number of rotatable bonds is 6. The van der Waals surface area contributed by atoms with Gasteiger partial charge in [0.1, 0.15) is 17.2 Å². The van der Waals surface area contributed by atoms with Gasteiger partial charge >= 0.3 is 0 Å². The molecule has 1 saturated heterocycles. The van der Waals surface area contributed by atoms with Crippen molar-refractivity contribution in [2.24, 2.45) is 0 Å². The molecule has 6 heteroatoms. The highest BCUT2D eigenvalue weighted by atomic mass is 16.5. The van der Waals surface area contributed by atoms with Crippen molar-refractivity contribution in [2.45, 2.75) is 19.4 Å². The SMILES string of the molecule is COc1ccc(CN2CCN(C(=O)CCc3ccc(O)cc3O)CC2)cc1. The van der Waals surface area contributed by atoms with Crippen LogP contribution in [0, 0.1) is 0 Å². The van der Waals surface area contributed by atoms with E-state index in [1.165, 1.54) is 17.7 Å². The number of carbonyl (C=O) groups is 1. The van der Waals surface area contributed by atoms with Gasteiger partial charge in [0.05, 0.1) is 7.11 Å². The van der Waals surface area contributed by atoms with Crippen LogP contribution in [0.4, 0.5) is 0 Å². The van der Waals surface area contributed by atoms with E-state index < -0.39 is 0 Å². The summed E-state index contributed by atoms with van der Waals surface area (Å²) >= 11 is 0. The Morgan fingerprint density at radius 2 is 1.74 bits per heavy atom. The first-order valence-corrected chi connectivity index (χ1v) is 9.19. The number of aryl methyl sites for hydroxylation is 1. The second-order valence-corrected chi connectivity index (χ2v) is 6.82. The molecule has 0 radical (unpaired) electrons. The lowest BCUT2D eigenvalue weighted by Crippen LogP contribution is -2.48. The summed E-state index contributed by atoms with van der Waals surface area (Å²) in [6.07, 6.45) is 0.827. The number of hydrogen-bond acceptors (Lipinski definition) is 5. The summed E-state index contributed by atoms with van der Waals surface area (Å²) in [5, 5.41) is 19.2. The summed E-state index contributed by atoms with van der Waals surface area (Å²) in [4.78, 5) is 16.7. The van der Waals surface area contributed by atoms with Crippen LogP contribution in [0.1, 0.15) is 17.5 Å². The molecule has 1 aliphatic heterocycles. The topological polar surface area (TPSA) is 73.2 Å². The van der Waals surface area contributed by atoms with Crippen molar-refractivity contribution in [3.63, 3.8) is 0 Å². The van der Waals surface area contributed by atoms with Crippen LogP contribution in [0.25, 0.3) is 0 Å². The van der Waals surface area contributed by atoms with Gasteiger partial charge in [-0.1, -0.05) is 18.2 Å². The molecule has 0 bridgehead atoms. The Kier molecular flexibility index (Phi) is 6.19. The summed E-state index contributed by atoms with van der Waals surface area (Å²) in [6, 6.07) is 12.6. The zero-order valence-electron chi connectivity index (χ0n) is 15.6. The minimum atomic E-state index is 0.0237. The van der Waals surface area contributed by atoms with Crippen LogP contribution in [0.5, 0.6) is 17.2 Å². The molecular formula is C21H26N2O4. The van der Waals surface area contributed by atoms with E-state index in [9.17, 15) is 15.0 Å². The summed E-state index contributed by atoms with van der Waals surface area (Å²) in [5.74, 6) is 1.02. The van der Waals surface area contributed by atoms with Crippen molar-refractivity contribution in [2.75, 3.05) is 33.3 Å². The first-order chi connectivity index (χ1) is 13.0. The van der Waals surface area contributed by atoms with Crippen molar-refractivity contribution in [3.8, 4) is 17.2 Å². The maximum Gasteiger partial charge on any atom is 0.222 e. The Morgan fingerprint density at radius 1 is 1.04 bits per heavy atom. The quantitative estimate of drug-likeness (QED) is 0.817. The van der Waals surface area contributed by atoms with E-state index >= 15 is 0 Å². The van der Waals surface area contributed by atoms with E-state index in [4.69, 9.17) is 4.74 Å². The van der Waals surface area contributed by atoms with Crippen LogP contribution >= 0.6 is 0 Å². The molecule has 2 aromatic rings. The molecule has 1 aliphatic rings. The minimum absolute atomic E-state index is 0.0237. The smallest absolute Gasteiger partial charge is 0.222 e. The third kappa shape index (κ3) is 5.14. The van der Waals surface area contributed by atoms with Crippen LogP contribution in [-0.2, 0) is 17.8 Å². The molecule has 0 aliphatic carbocycles. The maximum absolute atomic E-state index is 12.4. The summed E-state index contributed by atoms with van der Waals surface area (Å²) in [7, 11) is 1.66.